The molecule has 1 fully saturated rings. The van der Waals surface area contributed by atoms with Crippen molar-refractivity contribution in [3.8, 4) is 6.07 Å². The first-order valence-electron chi connectivity index (χ1n) is 7.68. The molecule has 0 saturated heterocycles. The van der Waals surface area contributed by atoms with Gasteiger partial charge in [0.2, 0.25) is 0 Å². The lowest BCUT2D eigenvalue weighted by Crippen LogP contribution is -2.17. The van der Waals surface area contributed by atoms with Gasteiger partial charge in [-0.3, -0.25) is 0 Å². The smallest absolute Gasteiger partial charge is 0.128 e. The average molecular weight is 302 g/mol. The summed E-state index contributed by atoms with van der Waals surface area (Å²) in [6.07, 6.45) is 5.18. The van der Waals surface area contributed by atoms with Crippen molar-refractivity contribution in [1.82, 2.24) is 9.55 Å². The van der Waals surface area contributed by atoms with Crippen LogP contribution in [-0.2, 0) is 0 Å². The number of aromatic nitrogens is 2. The molecule has 1 aliphatic carbocycles. The van der Waals surface area contributed by atoms with Gasteiger partial charge >= 0.3 is 0 Å². The van der Waals surface area contributed by atoms with E-state index in [1.807, 2.05) is 19.1 Å². The molecule has 0 amide bonds. The second-order valence-corrected chi connectivity index (χ2v) is 6.68. The first kappa shape index (κ1) is 14.4. The zero-order valence-electron chi connectivity index (χ0n) is 12.5. The van der Waals surface area contributed by atoms with Gasteiger partial charge in [0.25, 0.3) is 0 Å². The van der Waals surface area contributed by atoms with E-state index < -0.39 is 0 Å². The third kappa shape index (κ3) is 2.42. The summed E-state index contributed by atoms with van der Waals surface area (Å²) in [6.45, 7) is 4.21. The van der Waals surface area contributed by atoms with Crippen LogP contribution in [-0.4, -0.2) is 9.55 Å². The van der Waals surface area contributed by atoms with Crippen LogP contribution >= 0.6 is 11.6 Å². The fraction of sp³-hybridized carbons (Fsp3) is 0.529. The highest BCUT2D eigenvalue weighted by Gasteiger charge is 2.27. The second kappa shape index (κ2) is 5.69. The highest BCUT2D eigenvalue weighted by Crippen LogP contribution is 2.38. The molecule has 2 aromatic rings. The minimum Gasteiger partial charge on any atom is -0.324 e. The molecular formula is C17H20ClN3. The quantitative estimate of drug-likeness (QED) is 0.752. The van der Waals surface area contributed by atoms with Crippen molar-refractivity contribution in [3.63, 3.8) is 0 Å². The Morgan fingerprint density at radius 3 is 2.67 bits per heavy atom. The Morgan fingerprint density at radius 1 is 1.33 bits per heavy atom. The van der Waals surface area contributed by atoms with E-state index in [2.05, 4.69) is 28.6 Å². The lowest BCUT2D eigenvalue weighted by Gasteiger charge is -2.24. The maximum atomic E-state index is 9.29. The molecule has 1 aliphatic rings. The SMILES string of the molecule is CC(Cl)c1nc2c(C#N)cccc2n1C(C)C1CCCC1. The third-order valence-electron chi connectivity index (χ3n) is 4.71. The van der Waals surface area contributed by atoms with E-state index in [-0.39, 0.29) is 5.38 Å². The molecule has 0 bridgehead atoms. The molecule has 2 unspecified atom stereocenters. The van der Waals surface area contributed by atoms with E-state index in [0.29, 0.717) is 17.5 Å². The van der Waals surface area contributed by atoms with Gasteiger partial charge in [-0.15, -0.1) is 11.6 Å². The minimum atomic E-state index is -0.159. The van der Waals surface area contributed by atoms with Crippen LogP contribution in [0.1, 0.15) is 62.3 Å². The molecule has 1 heterocycles. The fourth-order valence-electron chi connectivity index (χ4n) is 3.58. The van der Waals surface area contributed by atoms with Gasteiger partial charge in [0.1, 0.15) is 17.4 Å². The van der Waals surface area contributed by atoms with Crippen LogP contribution in [0.5, 0.6) is 0 Å². The summed E-state index contributed by atoms with van der Waals surface area (Å²) in [5.41, 5.74) is 2.45. The fourth-order valence-corrected chi connectivity index (χ4v) is 3.74. The molecule has 1 aromatic heterocycles. The number of hydrogen-bond acceptors (Lipinski definition) is 2. The third-order valence-corrected chi connectivity index (χ3v) is 4.91. The van der Waals surface area contributed by atoms with Crippen LogP contribution in [0.2, 0.25) is 0 Å². The number of nitriles is 1. The number of halogens is 1. The van der Waals surface area contributed by atoms with Gasteiger partial charge in [-0.2, -0.15) is 5.26 Å². The summed E-state index contributed by atoms with van der Waals surface area (Å²) in [5, 5.41) is 9.13. The maximum Gasteiger partial charge on any atom is 0.128 e. The summed E-state index contributed by atoms with van der Waals surface area (Å²) < 4.78 is 2.27. The van der Waals surface area contributed by atoms with E-state index in [1.54, 1.807) is 0 Å². The first-order valence-corrected chi connectivity index (χ1v) is 8.12. The number of benzene rings is 1. The Labute approximate surface area is 130 Å². The highest BCUT2D eigenvalue weighted by atomic mass is 35.5. The van der Waals surface area contributed by atoms with Gasteiger partial charge in [0.05, 0.1) is 16.5 Å². The van der Waals surface area contributed by atoms with Crippen molar-refractivity contribution in [2.24, 2.45) is 5.92 Å². The molecular weight excluding hydrogens is 282 g/mol. The van der Waals surface area contributed by atoms with Crippen molar-refractivity contribution >= 4 is 22.6 Å². The number of rotatable bonds is 3. The molecule has 0 N–H and O–H groups in total. The molecule has 3 rings (SSSR count). The van der Waals surface area contributed by atoms with Gasteiger partial charge < -0.3 is 4.57 Å². The summed E-state index contributed by atoms with van der Waals surface area (Å²) in [6, 6.07) is 8.43. The normalized spacial score (nSPS) is 18.8. The van der Waals surface area contributed by atoms with Crippen LogP contribution in [0.3, 0.4) is 0 Å². The summed E-state index contributed by atoms with van der Waals surface area (Å²) in [5.74, 6) is 1.57. The molecule has 0 aliphatic heterocycles. The Balaban J connectivity index is 2.19. The minimum absolute atomic E-state index is 0.159. The molecule has 1 saturated carbocycles. The zero-order chi connectivity index (χ0) is 15.0. The molecule has 0 radical (unpaired) electrons. The first-order chi connectivity index (χ1) is 10.1. The number of alkyl halides is 1. The number of imidazole rings is 1. The predicted molar refractivity (Wildman–Crippen MR) is 85.4 cm³/mol. The Bertz CT molecular complexity index is 690. The van der Waals surface area contributed by atoms with E-state index in [1.165, 1.54) is 25.7 Å². The van der Waals surface area contributed by atoms with Crippen molar-refractivity contribution in [2.45, 2.75) is 50.9 Å². The zero-order valence-corrected chi connectivity index (χ0v) is 13.3. The number of nitrogens with zero attached hydrogens (tertiary/aromatic N) is 3. The van der Waals surface area contributed by atoms with Gasteiger partial charge in [0.15, 0.2) is 0 Å². The maximum absolute atomic E-state index is 9.29. The van der Waals surface area contributed by atoms with E-state index in [0.717, 1.165) is 16.9 Å². The number of para-hydroxylation sites is 1. The molecule has 21 heavy (non-hydrogen) atoms. The van der Waals surface area contributed by atoms with Crippen LogP contribution < -0.4 is 0 Å². The molecule has 0 spiro atoms. The summed E-state index contributed by atoms with van der Waals surface area (Å²) in [4.78, 5) is 4.68. The highest BCUT2D eigenvalue weighted by molar-refractivity contribution is 6.20. The number of hydrogen-bond donors (Lipinski definition) is 0. The van der Waals surface area contributed by atoms with Gasteiger partial charge in [-0.05, 0) is 44.7 Å². The van der Waals surface area contributed by atoms with E-state index in [4.69, 9.17) is 11.6 Å². The van der Waals surface area contributed by atoms with Crippen LogP contribution in [0.15, 0.2) is 18.2 Å². The van der Waals surface area contributed by atoms with Gasteiger partial charge in [-0.25, -0.2) is 4.98 Å². The van der Waals surface area contributed by atoms with E-state index >= 15 is 0 Å². The largest absolute Gasteiger partial charge is 0.324 e. The summed E-state index contributed by atoms with van der Waals surface area (Å²) >= 11 is 6.36. The molecule has 4 heteroatoms. The molecule has 110 valence electrons. The van der Waals surface area contributed by atoms with Crippen molar-refractivity contribution in [3.05, 3.63) is 29.6 Å². The van der Waals surface area contributed by atoms with Crippen LogP contribution in [0.25, 0.3) is 11.0 Å². The van der Waals surface area contributed by atoms with Crippen molar-refractivity contribution < 1.29 is 0 Å². The van der Waals surface area contributed by atoms with Crippen molar-refractivity contribution in [2.75, 3.05) is 0 Å². The lowest BCUT2D eigenvalue weighted by molar-refractivity contribution is 0.359. The number of fused-ring (bicyclic) bond motifs is 1. The topological polar surface area (TPSA) is 41.6 Å². The Kier molecular flexibility index (Phi) is 3.91. The van der Waals surface area contributed by atoms with Crippen molar-refractivity contribution in [1.29, 1.82) is 5.26 Å². The predicted octanol–water partition coefficient (Wildman–Crippen LogP) is 4.96. The molecule has 2 atom stereocenters. The van der Waals surface area contributed by atoms with Gasteiger partial charge in [-0.1, -0.05) is 18.9 Å². The monoisotopic (exact) mass is 301 g/mol. The molecule has 1 aromatic carbocycles. The standard InChI is InChI=1S/C17H20ClN3/c1-11(18)17-20-16-14(10-19)8-5-9-15(16)21(17)12(2)13-6-3-4-7-13/h5,8-9,11-13H,3-4,6-7H2,1-2H3. The van der Waals surface area contributed by atoms with E-state index in [9.17, 15) is 5.26 Å². The van der Waals surface area contributed by atoms with Gasteiger partial charge in [0, 0.05) is 6.04 Å². The molecule has 3 nitrogen and oxygen atoms in total. The lowest BCUT2D eigenvalue weighted by atomic mass is 9.99. The van der Waals surface area contributed by atoms with Crippen LogP contribution in [0.4, 0.5) is 0 Å². The second-order valence-electron chi connectivity index (χ2n) is 6.03. The Hall–Kier alpha value is -1.53. The summed E-state index contributed by atoms with van der Waals surface area (Å²) in [7, 11) is 0. The van der Waals surface area contributed by atoms with Crippen LogP contribution in [0, 0.1) is 17.2 Å². The Morgan fingerprint density at radius 2 is 2.05 bits per heavy atom. The average Bonchev–Trinajstić information content (AvgIpc) is 3.13.